The van der Waals surface area contributed by atoms with Crippen molar-refractivity contribution in [3.63, 3.8) is 0 Å². The number of aliphatic hydroxyl groups is 1. The standard InChI is InChI=1S/C18H24O4/c1-16(2)21-13-18(22-16,17(19)11-5-4-6-12-17)14-7-9-15(20-3)10-8-14/h5,7-11,19H,4,6,12-13H2,1-3H3. The molecule has 1 aromatic rings. The third kappa shape index (κ3) is 2.45. The van der Waals surface area contributed by atoms with Gasteiger partial charge in [0.05, 0.1) is 13.7 Å². The van der Waals surface area contributed by atoms with Crippen molar-refractivity contribution >= 4 is 0 Å². The Bertz CT molecular complexity index is 563. The molecule has 2 unspecified atom stereocenters. The van der Waals surface area contributed by atoms with Gasteiger partial charge in [0.1, 0.15) is 11.4 Å². The number of benzene rings is 1. The van der Waals surface area contributed by atoms with Crippen LogP contribution < -0.4 is 4.74 Å². The van der Waals surface area contributed by atoms with Gasteiger partial charge in [-0.25, -0.2) is 0 Å². The van der Waals surface area contributed by atoms with Crippen LogP contribution in [0.5, 0.6) is 5.75 Å². The third-order valence-electron chi connectivity index (χ3n) is 4.62. The van der Waals surface area contributed by atoms with E-state index in [4.69, 9.17) is 14.2 Å². The molecule has 0 saturated carbocycles. The van der Waals surface area contributed by atoms with Gasteiger partial charge in [0.25, 0.3) is 0 Å². The van der Waals surface area contributed by atoms with Crippen molar-refractivity contribution in [2.75, 3.05) is 13.7 Å². The fraction of sp³-hybridized carbons (Fsp3) is 0.556. The van der Waals surface area contributed by atoms with Crippen LogP contribution in [0.4, 0.5) is 0 Å². The van der Waals surface area contributed by atoms with Crippen molar-refractivity contribution in [2.45, 2.75) is 50.1 Å². The minimum Gasteiger partial charge on any atom is -0.497 e. The lowest BCUT2D eigenvalue weighted by Gasteiger charge is -2.44. The van der Waals surface area contributed by atoms with E-state index in [9.17, 15) is 5.11 Å². The highest BCUT2D eigenvalue weighted by atomic mass is 16.8. The molecule has 120 valence electrons. The van der Waals surface area contributed by atoms with E-state index in [1.54, 1.807) is 7.11 Å². The molecule has 0 spiro atoms. The number of hydrogen-bond acceptors (Lipinski definition) is 4. The minimum atomic E-state index is -1.06. The molecule has 4 nitrogen and oxygen atoms in total. The maximum absolute atomic E-state index is 11.3. The molecule has 0 bridgehead atoms. The zero-order valence-corrected chi connectivity index (χ0v) is 13.5. The van der Waals surface area contributed by atoms with Crippen LogP contribution in [-0.2, 0) is 15.1 Å². The molecule has 4 heteroatoms. The van der Waals surface area contributed by atoms with Gasteiger partial charge in [-0.15, -0.1) is 0 Å². The van der Waals surface area contributed by atoms with Crippen molar-refractivity contribution in [3.8, 4) is 5.75 Å². The van der Waals surface area contributed by atoms with E-state index in [1.807, 2.05) is 50.3 Å². The Morgan fingerprint density at radius 3 is 2.41 bits per heavy atom. The van der Waals surface area contributed by atoms with Crippen LogP contribution in [0.25, 0.3) is 0 Å². The Balaban J connectivity index is 2.07. The molecule has 0 aromatic heterocycles. The van der Waals surface area contributed by atoms with Gasteiger partial charge in [-0.3, -0.25) is 0 Å². The first kappa shape index (κ1) is 15.5. The molecule has 2 atom stereocenters. The second-order valence-electron chi connectivity index (χ2n) is 6.56. The molecule has 0 amide bonds. The summed E-state index contributed by atoms with van der Waals surface area (Å²) in [5.41, 5.74) is -1.04. The van der Waals surface area contributed by atoms with Crippen LogP contribution in [0.3, 0.4) is 0 Å². The fourth-order valence-electron chi connectivity index (χ4n) is 3.41. The number of rotatable bonds is 3. The second-order valence-corrected chi connectivity index (χ2v) is 6.56. The Hall–Kier alpha value is -1.36. The van der Waals surface area contributed by atoms with E-state index in [1.165, 1.54) is 0 Å². The molecule has 1 N–H and O–H groups in total. The highest BCUT2D eigenvalue weighted by Gasteiger charge is 2.58. The molecule has 1 fully saturated rings. The van der Waals surface area contributed by atoms with Crippen molar-refractivity contribution < 1.29 is 19.3 Å². The summed E-state index contributed by atoms with van der Waals surface area (Å²) in [6, 6.07) is 7.68. The summed E-state index contributed by atoms with van der Waals surface area (Å²) < 4.78 is 17.3. The molecule has 0 radical (unpaired) electrons. The zero-order valence-electron chi connectivity index (χ0n) is 13.5. The lowest BCUT2D eigenvalue weighted by Crippen LogP contribution is -2.53. The molecule has 2 aliphatic rings. The second kappa shape index (κ2) is 5.37. The maximum atomic E-state index is 11.3. The Kier molecular flexibility index (Phi) is 3.79. The highest BCUT2D eigenvalue weighted by molar-refractivity contribution is 5.36. The van der Waals surface area contributed by atoms with E-state index in [0.29, 0.717) is 13.0 Å². The van der Waals surface area contributed by atoms with E-state index in [-0.39, 0.29) is 0 Å². The molecule has 1 aliphatic carbocycles. The van der Waals surface area contributed by atoms with Crippen molar-refractivity contribution in [3.05, 3.63) is 42.0 Å². The molecule has 1 saturated heterocycles. The smallest absolute Gasteiger partial charge is 0.164 e. The predicted octanol–water partition coefficient (Wildman–Crippen LogP) is 3.14. The number of hydrogen-bond donors (Lipinski definition) is 1. The maximum Gasteiger partial charge on any atom is 0.164 e. The monoisotopic (exact) mass is 304 g/mol. The van der Waals surface area contributed by atoms with E-state index in [2.05, 4.69) is 0 Å². The summed E-state index contributed by atoms with van der Waals surface area (Å²) in [6.45, 7) is 4.09. The first-order chi connectivity index (χ1) is 10.4. The molecular formula is C18H24O4. The van der Waals surface area contributed by atoms with Crippen LogP contribution in [0.15, 0.2) is 36.4 Å². The SMILES string of the molecule is COc1ccc(C2(C3(O)C=CCCC3)COC(C)(C)O2)cc1. The normalized spacial score (nSPS) is 33.8. The Morgan fingerprint density at radius 1 is 1.18 bits per heavy atom. The molecular weight excluding hydrogens is 280 g/mol. The summed E-state index contributed by atoms with van der Waals surface area (Å²) in [5.74, 6) is 0.0595. The summed E-state index contributed by atoms with van der Waals surface area (Å²) in [6.07, 6.45) is 6.50. The van der Waals surface area contributed by atoms with Gasteiger partial charge in [-0.05, 0) is 50.8 Å². The first-order valence-corrected chi connectivity index (χ1v) is 7.80. The zero-order chi connectivity index (χ0) is 15.8. The summed E-state index contributed by atoms with van der Waals surface area (Å²) in [4.78, 5) is 0. The topological polar surface area (TPSA) is 47.9 Å². The van der Waals surface area contributed by atoms with Gasteiger partial charge in [0, 0.05) is 0 Å². The molecule has 1 heterocycles. The molecule has 1 aliphatic heterocycles. The quantitative estimate of drug-likeness (QED) is 0.872. The van der Waals surface area contributed by atoms with Crippen LogP contribution in [0, 0.1) is 0 Å². The molecule has 1 aromatic carbocycles. The van der Waals surface area contributed by atoms with E-state index >= 15 is 0 Å². The van der Waals surface area contributed by atoms with Gasteiger partial charge >= 0.3 is 0 Å². The first-order valence-electron chi connectivity index (χ1n) is 7.80. The molecule has 22 heavy (non-hydrogen) atoms. The number of allylic oxidation sites excluding steroid dienone is 1. The summed E-state index contributed by atoms with van der Waals surface area (Å²) >= 11 is 0. The average molecular weight is 304 g/mol. The van der Waals surface area contributed by atoms with Crippen LogP contribution in [-0.4, -0.2) is 30.2 Å². The van der Waals surface area contributed by atoms with Gasteiger partial charge in [-0.1, -0.05) is 24.3 Å². The Labute approximate surface area is 131 Å². The van der Waals surface area contributed by atoms with Crippen molar-refractivity contribution in [2.24, 2.45) is 0 Å². The van der Waals surface area contributed by atoms with E-state index in [0.717, 1.165) is 24.2 Å². The lowest BCUT2D eigenvalue weighted by molar-refractivity contribution is -0.209. The van der Waals surface area contributed by atoms with Gasteiger partial charge in [0.15, 0.2) is 11.4 Å². The highest BCUT2D eigenvalue weighted by Crippen LogP contribution is 2.49. The van der Waals surface area contributed by atoms with Gasteiger partial charge in [0.2, 0.25) is 0 Å². The largest absolute Gasteiger partial charge is 0.497 e. The minimum absolute atomic E-state index is 0.327. The summed E-state index contributed by atoms with van der Waals surface area (Å²) in [7, 11) is 1.64. The molecule has 3 rings (SSSR count). The van der Waals surface area contributed by atoms with Gasteiger partial charge < -0.3 is 19.3 Å². The van der Waals surface area contributed by atoms with Crippen LogP contribution >= 0.6 is 0 Å². The van der Waals surface area contributed by atoms with Gasteiger partial charge in [-0.2, -0.15) is 0 Å². The lowest BCUT2D eigenvalue weighted by atomic mass is 9.73. The van der Waals surface area contributed by atoms with Crippen LogP contribution in [0.1, 0.15) is 38.7 Å². The number of ether oxygens (including phenoxy) is 3. The summed E-state index contributed by atoms with van der Waals surface area (Å²) in [5, 5.41) is 11.3. The van der Waals surface area contributed by atoms with E-state index < -0.39 is 17.0 Å². The van der Waals surface area contributed by atoms with Crippen molar-refractivity contribution in [1.29, 1.82) is 0 Å². The van der Waals surface area contributed by atoms with Crippen LogP contribution in [0.2, 0.25) is 0 Å². The predicted molar refractivity (Wildman–Crippen MR) is 83.7 cm³/mol. The Morgan fingerprint density at radius 2 is 1.91 bits per heavy atom. The van der Waals surface area contributed by atoms with Crippen molar-refractivity contribution in [1.82, 2.24) is 0 Å². The fourth-order valence-corrected chi connectivity index (χ4v) is 3.41. The third-order valence-corrected chi connectivity index (χ3v) is 4.62. The number of methoxy groups -OCH3 is 1. The average Bonchev–Trinajstić information content (AvgIpc) is 2.86.